The molecule has 1 N–H and O–H groups in total. The summed E-state index contributed by atoms with van der Waals surface area (Å²) in [5, 5.41) is 13.0. The summed E-state index contributed by atoms with van der Waals surface area (Å²) in [5.41, 5.74) is 0.252. The molecule has 0 radical (unpaired) electrons. The van der Waals surface area contributed by atoms with Crippen LogP contribution in [0, 0.1) is 0 Å². The lowest BCUT2D eigenvalue weighted by molar-refractivity contribution is 0.0695. The number of carbonyl (C=O) groups is 1. The van der Waals surface area contributed by atoms with Gasteiger partial charge in [-0.25, -0.2) is 4.79 Å². The van der Waals surface area contributed by atoms with Crippen LogP contribution < -0.4 is 0 Å². The molecular formula is C13H11BrN2O3S. The summed E-state index contributed by atoms with van der Waals surface area (Å²) in [4.78, 5) is 16.3. The van der Waals surface area contributed by atoms with Crippen LogP contribution in [0.5, 0.6) is 0 Å². The van der Waals surface area contributed by atoms with Crippen LogP contribution in [0.2, 0.25) is 0 Å². The topological polar surface area (TPSA) is 76.2 Å². The van der Waals surface area contributed by atoms with Crippen LogP contribution in [0.25, 0.3) is 0 Å². The molecule has 1 heterocycles. The van der Waals surface area contributed by atoms with E-state index in [0.717, 1.165) is 23.6 Å². The lowest BCUT2D eigenvalue weighted by Gasteiger charge is -2.03. The van der Waals surface area contributed by atoms with Gasteiger partial charge in [0.15, 0.2) is 5.82 Å². The summed E-state index contributed by atoms with van der Waals surface area (Å²) in [6, 6.07) is 5.24. The molecule has 1 fully saturated rings. The van der Waals surface area contributed by atoms with E-state index >= 15 is 0 Å². The monoisotopic (exact) mass is 354 g/mol. The molecule has 5 nitrogen and oxygen atoms in total. The van der Waals surface area contributed by atoms with E-state index in [0.29, 0.717) is 22.0 Å². The zero-order valence-electron chi connectivity index (χ0n) is 10.4. The Balaban J connectivity index is 1.67. The lowest BCUT2D eigenvalue weighted by atomic mass is 10.2. The van der Waals surface area contributed by atoms with Gasteiger partial charge >= 0.3 is 5.97 Å². The van der Waals surface area contributed by atoms with Gasteiger partial charge in [-0.2, -0.15) is 4.98 Å². The second kappa shape index (κ2) is 5.57. The molecule has 104 valence electrons. The van der Waals surface area contributed by atoms with Crippen molar-refractivity contribution in [3.8, 4) is 0 Å². The van der Waals surface area contributed by atoms with Gasteiger partial charge in [-0.15, -0.1) is 11.8 Å². The smallest absolute Gasteiger partial charge is 0.336 e. The lowest BCUT2D eigenvalue weighted by Crippen LogP contribution is -1.97. The van der Waals surface area contributed by atoms with Crippen molar-refractivity contribution in [2.45, 2.75) is 29.4 Å². The Bertz CT molecular complexity index is 655. The maximum Gasteiger partial charge on any atom is 0.336 e. The predicted octanol–water partition coefficient (Wildman–Crippen LogP) is 3.70. The molecule has 3 rings (SSSR count). The highest BCUT2D eigenvalue weighted by molar-refractivity contribution is 9.10. The van der Waals surface area contributed by atoms with Gasteiger partial charge in [-0.1, -0.05) is 5.16 Å². The molecule has 7 heteroatoms. The number of nitrogens with zero attached hydrogens (tertiary/aromatic N) is 2. The molecule has 0 atom stereocenters. The number of aromatic carboxylic acids is 1. The first-order valence-electron chi connectivity index (χ1n) is 6.11. The molecule has 1 aromatic carbocycles. The van der Waals surface area contributed by atoms with Gasteiger partial charge in [0.1, 0.15) is 0 Å². The van der Waals surface area contributed by atoms with E-state index < -0.39 is 5.97 Å². The number of benzene rings is 1. The average Bonchev–Trinajstić information content (AvgIpc) is 3.17. The van der Waals surface area contributed by atoms with Crippen LogP contribution in [-0.4, -0.2) is 21.2 Å². The fourth-order valence-corrected chi connectivity index (χ4v) is 2.92. The van der Waals surface area contributed by atoms with Gasteiger partial charge in [0.2, 0.25) is 5.89 Å². The minimum absolute atomic E-state index is 0.252. The number of thioether (sulfide) groups is 1. The number of carboxylic acid groups (broad SMARTS) is 1. The number of rotatable bonds is 5. The van der Waals surface area contributed by atoms with Gasteiger partial charge in [0, 0.05) is 15.3 Å². The van der Waals surface area contributed by atoms with E-state index in [9.17, 15) is 4.79 Å². The van der Waals surface area contributed by atoms with Gasteiger partial charge in [-0.3, -0.25) is 0 Å². The van der Waals surface area contributed by atoms with Crippen molar-refractivity contribution >= 4 is 33.7 Å². The first kappa shape index (κ1) is 13.6. The molecule has 0 aliphatic heterocycles. The van der Waals surface area contributed by atoms with E-state index in [1.807, 2.05) is 6.07 Å². The molecule has 2 aromatic rings. The highest BCUT2D eigenvalue weighted by atomic mass is 79.9. The fraction of sp³-hybridized carbons (Fsp3) is 0.308. The molecule has 0 bridgehead atoms. The SMILES string of the molecule is O=C(O)c1cc(SCc2noc(C3CC3)n2)ccc1Br. The Kier molecular flexibility index (Phi) is 3.80. The van der Waals surface area contributed by atoms with Crippen LogP contribution in [0.4, 0.5) is 0 Å². The van der Waals surface area contributed by atoms with Crippen LogP contribution in [-0.2, 0) is 5.75 Å². The second-order valence-corrected chi connectivity index (χ2v) is 6.46. The number of halogens is 1. The first-order chi connectivity index (χ1) is 9.63. The molecule has 1 aliphatic rings. The van der Waals surface area contributed by atoms with Crippen LogP contribution in [0.1, 0.15) is 40.8 Å². The van der Waals surface area contributed by atoms with E-state index in [1.165, 1.54) is 11.8 Å². The van der Waals surface area contributed by atoms with Gasteiger partial charge < -0.3 is 9.63 Å². The van der Waals surface area contributed by atoms with Crippen LogP contribution >= 0.6 is 27.7 Å². The third kappa shape index (κ3) is 3.04. The Hall–Kier alpha value is -1.34. The number of aromatic nitrogens is 2. The Morgan fingerprint density at radius 2 is 2.30 bits per heavy atom. The van der Waals surface area contributed by atoms with Crippen molar-refractivity contribution in [2.24, 2.45) is 0 Å². The molecule has 0 saturated heterocycles. The summed E-state index contributed by atoms with van der Waals surface area (Å²) in [7, 11) is 0. The summed E-state index contributed by atoms with van der Waals surface area (Å²) >= 11 is 4.71. The van der Waals surface area contributed by atoms with Crippen molar-refractivity contribution in [3.05, 3.63) is 40.0 Å². The maximum atomic E-state index is 11.1. The molecule has 20 heavy (non-hydrogen) atoms. The normalized spacial score (nSPS) is 14.4. The van der Waals surface area contributed by atoms with Crippen molar-refractivity contribution in [1.29, 1.82) is 0 Å². The van der Waals surface area contributed by atoms with Crippen LogP contribution in [0.3, 0.4) is 0 Å². The molecule has 0 amide bonds. The van der Waals surface area contributed by atoms with Gasteiger partial charge in [0.25, 0.3) is 0 Å². The average molecular weight is 355 g/mol. The maximum absolute atomic E-state index is 11.1. The van der Waals surface area contributed by atoms with Gasteiger partial charge in [-0.05, 0) is 47.0 Å². The Labute approximate surface area is 127 Å². The quantitative estimate of drug-likeness (QED) is 0.825. The summed E-state index contributed by atoms with van der Waals surface area (Å²) in [5.74, 6) is 1.44. The summed E-state index contributed by atoms with van der Waals surface area (Å²) < 4.78 is 5.76. The van der Waals surface area contributed by atoms with Crippen molar-refractivity contribution in [1.82, 2.24) is 10.1 Å². The number of hydrogen-bond acceptors (Lipinski definition) is 5. The first-order valence-corrected chi connectivity index (χ1v) is 7.89. The Morgan fingerprint density at radius 3 is 3.00 bits per heavy atom. The van der Waals surface area contributed by atoms with Gasteiger partial charge in [0.05, 0.1) is 11.3 Å². The second-order valence-electron chi connectivity index (χ2n) is 4.56. The van der Waals surface area contributed by atoms with Crippen LogP contribution in [0.15, 0.2) is 32.1 Å². The predicted molar refractivity (Wildman–Crippen MR) is 76.9 cm³/mol. The minimum atomic E-state index is -0.949. The highest BCUT2D eigenvalue weighted by Gasteiger charge is 2.29. The van der Waals surface area contributed by atoms with E-state index in [1.54, 1.807) is 12.1 Å². The molecule has 0 unspecified atom stereocenters. The van der Waals surface area contributed by atoms with E-state index in [4.69, 9.17) is 9.63 Å². The molecule has 1 saturated carbocycles. The zero-order chi connectivity index (χ0) is 14.1. The van der Waals surface area contributed by atoms with Crippen molar-refractivity contribution in [3.63, 3.8) is 0 Å². The standard InChI is InChI=1S/C13H11BrN2O3S/c14-10-4-3-8(5-9(10)13(17)18)20-6-11-15-12(19-16-11)7-1-2-7/h3-5,7H,1-2,6H2,(H,17,18). The third-order valence-electron chi connectivity index (χ3n) is 2.95. The van der Waals surface area contributed by atoms with Crippen molar-refractivity contribution in [2.75, 3.05) is 0 Å². The molecule has 0 spiro atoms. The highest BCUT2D eigenvalue weighted by Crippen LogP contribution is 2.39. The molecule has 1 aromatic heterocycles. The van der Waals surface area contributed by atoms with Crippen molar-refractivity contribution < 1.29 is 14.4 Å². The summed E-state index contributed by atoms with van der Waals surface area (Å²) in [6.07, 6.45) is 2.26. The minimum Gasteiger partial charge on any atom is -0.478 e. The van der Waals surface area contributed by atoms with E-state index in [2.05, 4.69) is 26.1 Å². The molecule has 1 aliphatic carbocycles. The number of carboxylic acids is 1. The molecular weight excluding hydrogens is 344 g/mol. The summed E-state index contributed by atoms with van der Waals surface area (Å²) in [6.45, 7) is 0. The third-order valence-corrected chi connectivity index (χ3v) is 4.63. The number of hydrogen-bond donors (Lipinski definition) is 1. The van der Waals surface area contributed by atoms with E-state index in [-0.39, 0.29) is 5.56 Å². The largest absolute Gasteiger partial charge is 0.478 e. The Morgan fingerprint density at radius 1 is 1.50 bits per heavy atom. The fourth-order valence-electron chi connectivity index (χ4n) is 1.73. The zero-order valence-corrected chi connectivity index (χ0v) is 12.8.